The minimum atomic E-state index is -0.112. The van der Waals surface area contributed by atoms with Gasteiger partial charge in [-0.05, 0) is 43.5 Å². The second-order valence-corrected chi connectivity index (χ2v) is 5.57. The largest absolute Gasteiger partial charge is 0.376 e. The number of carbonyl (C=O) groups is 2. The van der Waals surface area contributed by atoms with Gasteiger partial charge in [0, 0.05) is 30.8 Å². The Morgan fingerprint density at radius 2 is 2.05 bits per heavy atom. The van der Waals surface area contributed by atoms with Gasteiger partial charge in [-0.1, -0.05) is 13.3 Å². The Morgan fingerprint density at radius 1 is 1.27 bits per heavy atom. The number of unbranched alkanes of at least 4 members (excludes halogenated alkanes) is 1. The predicted octanol–water partition coefficient (Wildman–Crippen LogP) is 2.72. The topological polar surface area (TPSA) is 67.4 Å². The van der Waals surface area contributed by atoms with E-state index in [1.807, 2.05) is 0 Å². The molecule has 5 heteroatoms. The number of ether oxygens (including phenoxy) is 1. The fraction of sp³-hybridized carbons (Fsp3) is 0.529. The van der Waals surface area contributed by atoms with E-state index in [1.54, 1.807) is 24.3 Å². The molecular formula is C17H24N2O3. The van der Waals surface area contributed by atoms with Crippen molar-refractivity contribution in [3.05, 3.63) is 29.8 Å². The number of benzene rings is 1. The van der Waals surface area contributed by atoms with Gasteiger partial charge in [0.05, 0.1) is 6.10 Å². The van der Waals surface area contributed by atoms with Gasteiger partial charge in [-0.25, -0.2) is 0 Å². The number of nitrogens with one attached hydrogen (secondary N) is 2. The van der Waals surface area contributed by atoms with Gasteiger partial charge in [0.1, 0.15) is 0 Å². The zero-order valence-corrected chi connectivity index (χ0v) is 13.1. The van der Waals surface area contributed by atoms with Crippen LogP contribution in [-0.2, 0) is 9.53 Å². The van der Waals surface area contributed by atoms with Crippen LogP contribution in [0.25, 0.3) is 0 Å². The van der Waals surface area contributed by atoms with Crippen molar-refractivity contribution in [2.45, 2.75) is 45.1 Å². The predicted molar refractivity (Wildman–Crippen MR) is 85.9 cm³/mol. The maximum absolute atomic E-state index is 12.0. The molecule has 0 aliphatic carbocycles. The summed E-state index contributed by atoms with van der Waals surface area (Å²) in [5.74, 6) is -0.100. The van der Waals surface area contributed by atoms with Crippen LogP contribution in [0.5, 0.6) is 0 Å². The highest BCUT2D eigenvalue weighted by molar-refractivity contribution is 5.95. The average molecular weight is 304 g/mol. The van der Waals surface area contributed by atoms with Gasteiger partial charge in [0.2, 0.25) is 5.91 Å². The summed E-state index contributed by atoms with van der Waals surface area (Å²) in [6.45, 7) is 3.39. The number of hydrogen-bond acceptors (Lipinski definition) is 3. The number of hydrogen-bond donors (Lipinski definition) is 2. The van der Waals surface area contributed by atoms with Crippen molar-refractivity contribution in [2.75, 3.05) is 18.5 Å². The lowest BCUT2D eigenvalue weighted by Gasteiger charge is -2.11. The highest BCUT2D eigenvalue weighted by atomic mass is 16.5. The van der Waals surface area contributed by atoms with Crippen molar-refractivity contribution in [1.82, 2.24) is 5.32 Å². The minimum absolute atomic E-state index is 0.0115. The quantitative estimate of drug-likeness (QED) is 0.814. The van der Waals surface area contributed by atoms with Crippen LogP contribution in [-0.4, -0.2) is 31.1 Å². The molecule has 2 amide bonds. The molecule has 0 bridgehead atoms. The van der Waals surface area contributed by atoms with Gasteiger partial charge in [-0.2, -0.15) is 0 Å². The molecule has 1 unspecified atom stereocenters. The summed E-state index contributed by atoms with van der Waals surface area (Å²) in [7, 11) is 0. The SMILES string of the molecule is CCCCC(=O)Nc1ccc(C(=O)NCC2CCCO2)cc1. The van der Waals surface area contributed by atoms with Crippen LogP contribution < -0.4 is 10.6 Å². The van der Waals surface area contributed by atoms with Crippen molar-refractivity contribution >= 4 is 17.5 Å². The fourth-order valence-electron chi connectivity index (χ4n) is 2.38. The minimum Gasteiger partial charge on any atom is -0.376 e. The molecule has 22 heavy (non-hydrogen) atoms. The molecule has 2 rings (SSSR count). The molecular weight excluding hydrogens is 280 g/mol. The molecule has 120 valence electrons. The molecule has 0 radical (unpaired) electrons. The third kappa shape index (κ3) is 5.15. The second-order valence-electron chi connectivity index (χ2n) is 5.57. The first-order valence-electron chi connectivity index (χ1n) is 7.98. The third-order valence-corrected chi connectivity index (χ3v) is 3.70. The lowest BCUT2D eigenvalue weighted by Crippen LogP contribution is -2.31. The highest BCUT2D eigenvalue weighted by Gasteiger charge is 2.16. The molecule has 0 spiro atoms. The second kappa shape index (κ2) is 8.54. The van der Waals surface area contributed by atoms with E-state index in [-0.39, 0.29) is 17.9 Å². The van der Waals surface area contributed by atoms with Gasteiger partial charge < -0.3 is 15.4 Å². The van der Waals surface area contributed by atoms with Gasteiger partial charge in [0.15, 0.2) is 0 Å². The number of carbonyl (C=O) groups excluding carboxylic acids is 2. The van der Waals surface area contributed by atoms with E-state index in [0.29, 0.717) is 18.5 Å². The van der Waals surface area contributed by atoms with E-state index in [1.165, 1.54) is 0 Å². The first-order chi connectivity index (χ1) is 10.7. The van der Waals surface area contributed by atoms with Crippen molar-refractivity contribution < 1.29 is 14.3 Å². The Hall–Kier alpha value is -1.88. The molecule has 0 saturated carbocycles. The molecule has 1 atom stereocenters. The molecule has 2 N–H and O–H groups in total. The van der Waals surface area contributed by atoms with Gasteiger partial charge in [-0.15, -0.1) is 0 Å². The smallest absolute Gasteiger partial charge is 0.251 e. The maximum Gasteiger partial charge on any atom is 0.251 e. The van der Waals surface area contributed by atoms with Crippen molar-refractivity contribution in [3.63, 3.8) is 0 Å². The monoisotopic (exact) mass is 304 g/mol. The van der Waals surface area contributed by atoms with Crippen LogP contribution in [0.15, 0.2) is 24.3 Å². The van der Waals surface area contributed by atoms with Gasteiger partial charge in [-0.3, -0.25) is 9.59 Å². The van der Waals surface area contributed by atoms with Crippen LogP contribution >= 0.6 is 0 Å². The Morgan fingerprint density at radius 3 is 2.68 bits per heavy atom. The lowest BCUT2D eigenvalue weighted by molar-refractivity contribution is -0.116. The van der Waals surface area contributed by atoms with Crippen molar-refractivity contribution in [2.24, 2.45) is 0 Å². The van der Waals surface area contributed by atoms with E-state index in [2.05, 4.69) is 17.6 Å². The molecule has 5 nitrogen and oxygen atoms in total. The summed E-state index contributed by atoms with van der Waals surface area (Å²) in [6.07, 6.45) is 4.61. The molecule has 1 aromatic rings. The Kier molecular flexibility index (Phi) is 6.40. The molecule has 1 aliphatic rings. The van der Waals surface area contributed by atoms with Gasteiger partial charge in [0.25, 0.3) is 5.91 Å². The summed E-state index contributed by atoms with van der Waals surface area (Å²) in [5, 5.41) is 5.71. The van der Waals surface area contributed by atoms with E-state index in [9.17, 15) is 9.59 Å². The first-order valence-corrected chi connectivity index (χ1v) is 7.98. The summed E-state index contributed by atoms with van der Waals surface area (Å²) in [6, 6.07) is 6.95. The van der Waals surface area contributed by atoms with E-state index >= 15 is 0 Å². The van der Waals surface area contributed by atoms with Crippen LogP contribution in [0.2, 0.25) is 0 Å². The fourth-order valence-corrected chi connectivity index (χ4v) is 2.38. The lowest BCUT2D eigenvalue weighted by atomic mass is 10.1. The normalized spacial score (nSPS) is 17.2. The van der Waals surface area contributed by atoms with E-state index < -0.39 is 0 Å². The summed E-state index contributed by atoms with van der Waals surface area (Å²) >= 11 is 0. The average Bonchev–Trinajstić information content (AvgIpc) is 3.05. The molecule has 1 aromatic carbocycles. The number of rotatable bonds is 7. The van der Waals surface area contributed by atoms with Crippen LogP contribution in [0.1, 0.15) is 49.4 Å². The molecule has 1 saturated heterocycles. The maximum atomic E-state index is 12.0. The summed E-state index contributed by atoms with van der Waals surface area (Å²) in [5.41, 5.74) is 1.31. The van der Waals surface area contributed by atoms with Crippen molar-refractivity contribution in [3.8, 4) is 0 Å². The van der Waals surface area contributed by atoms with Gasteiger partial charge >= 0.3 is 0 Å². The standard InChI is InChI=1S/C17H24N2O3/c1-2-3-6-16(20)19-14-9-7-13(8-10-14)17(21)18-12-15-5-4-11-22-15/h7-10,15H,2-6,11-12H2,1H3,(H,18,21)(H,19,20). The Balaban J connectivity index is 1.79. The van der Waals surface area contributed by atoms with E-state index in [4.69, 9.17) is 4.74 Å². The van der Waals surface area contributed by atoms with E-state index in [0.717, 1.165) is 38.0 Å². The molecule has 1 heterocycles. The third-order valence-electron chi connectivity index (χ3n) is 3.70. The van der Waals surface area contributed by atoms with Crippen LogP contribution in [0.3, 0.4) is 0 Å². The summed E-state index contributed by atoms with van der Waals surface area (Å²) < 4.78 is 5.47. The van der Waals surface area contributed by atoms with Crippen LogP contribution in [0.4, 0.5) is 5.69 Å². The number of anilines is 1. The highest BCUT2D eigenvalue weighted by Crippen LogP contribution is 2.12. The molecule has 1 fully saturated rings. The number of amides is 2. The first kappa shape index (κ1) is 16.5. The zero-order chi connectivity index (χ0) is 15.8. The Labute approximate surface area is 131 Å². The molecule has 0 aromatic heterocycles. The zero-order valence-electron chi connectivity index (χ0n) is 13.1. The summed E-state index contributed by atoms with van der Waals surface area (Å²) in [4.78, 5) is 23.7. The van der Waals surface area contributed by atoms with Crippen molar-refractivity contribution in [1.29, 1.82) is 0 Å². The molecule has 1 aliphatic heterocycles. The Bertz CT molecular complexity index is 493. The van der Waals surface area contributed by atoms with Crippen LogP contribution in [0, 0.1) is 0 Å².